The van der Waals surface area contributed by atoms with Crippen LogP contribution in [-0.4, -0.2) is 38.4 Å². The third-order valence-electron chi connectivity index (χ3n) is 5.13. The highest BCUT2D eigenvalue weighted by atomic mass is 32.2. The van der Waals surface area contributed by atoms with Crippen molar-refractivity contribution in [3.05, 3.63) is 65.7 Å². The fourth-order valence-corrected chi connectivity index (χ4v) is 4.90. The molecule has 0 bridgehead atoms. The Morgan fingerprint density at radius 2 is 1.93 bits per heavy atom. The van der Waals surface area contributed by atoms with Gasteiger partial charge in [-0.15, -0.1) is 0 Å². The summed E-state index contributed by atoms with van der Waals surface area (Å²) in [6.45, 7) is 3.27. The minimum atomic E-state index is -3.52. The van der Waals surface area contributed by atoms with Crippen LogP contribution in [0, 0.1) is 5.92 Å². The first kappa shape index (κ1) is 19.6. The van der Waals surface area contributed by atoms with E-state index in [-0.39, 0.29) is 28.5 Å². The van der Waals surface area contributed by atoms with Crippen LogP contribution in [0.5, 0.6) is 0 Å². The fourth-order valence-electron chi connectivity index (χ4n) is 3.51. The summed E-state index contributed by atoms with van der Waals surface area (Å²) in [5.41, 5.74) is 7.14. The first-order valence-electron chi connectivity index (χ1n) is 9.28. The lowest BCUT2D eigenvalue weighted by molar-refractivity contribution is 0.0660. The van der Waals surface area contributed by atoms with Crippen molar-refractivity contribution in [2.45, 2.75) is 36.5 Å². The van der Waals surface area contributed by atoms with Gasteiger partial charge in [-0.25, -0.2) is 8.42 Å². The second kappa shape index (κ2) is 8.23. The number of hydrogen-bond acceptors (Lipinski definition) is 4. The van der Waals surface area contributed by atoms with E-state index in [2.05, 4.69) is 0 Å². The second-order valence-electron chi connectivity index (χ2n) is 7.29. The lowest BCUT2D eigenvalue weighted by atomic mass is 9.92. The van der Waals surface area contributed by atoms with Crippen molar-refractivity contribution >= 4 is 15.7 Å². The Bertz CT molecular complexity index is 895. The summed E-state index contributed by atoms with van der Waals surface area (Å²) in [5.74, 6) is 0.0758. The van der Waals surface area contributed by atoms with Crippen LogP contribution < -0.4 is 5.73 Å². The zero-order valence-electron chi connectivity index (χ0n) is 15.5. The highest BCUT2D eigenvalue weighted by molar-refractivity contribution is 7.90. The van der Waals surface area contributed by atoms with Crippen LogP contribution in [0.2, 0.25) is 0 Å². The number of carbonyl (C=O) groups is 1. The van der Waals surface area contributed by atoms with E-state index in [1.165, 1.54) is 6.07 Å². The Balaban J connectivity index is 1.79. The standard InChI is InChI=1S/C21H26N2O3S/c1-16(22)19-10-6-12-23(14-19)21(24)18-9-5-11-20(13-18)27(25,26)15-17-7-3-2-4-8-17/h2-5,7-9,11,13,16,19H,6,10,12,14-15,22H2,1H3. The minimum absolute atomic E-state index is 0.0400. The van der Waals surface area contributed by atoms with Crippen LogP contribution >= 0.6 is 0 Å². The summed E-state index contributed by atoms with van der Waals surface area (Å²) in [6, 6.07) is 15.5. The fraction of sp³-hybridized carbons (Fsp3) is 0.381. The minimum Gasteiger partial charge on any atom is -0.338 e. The number of amides is 1. The average Bonchev–Trinajstić information content (AvgIpc) is 2.68. The van der Waals surface area contributed by atoms with Gasteiger partial charge < -0.3 is 10.6 Å². The van der Waals surface area contributed by atoms with Crippen molar-refractivity contribution in [1.29, 1.82) is 0 Å². The molecule has 1 aliphatic heterocycles. The van der Waals surface area contributed by atoms with Gasteiger partial charge >= 0.3 is 0 Å². The molecule has 0 saturated carbocycles. The maximum Gasteiger partial charge on any atom is 0.253 e. The summed E-state index contributed by atoms with van der Waals surface area (Å²) >= 11 is 0. The van der Waals surface area contributed by atoms with Crippen molar-refractivity contribution in [3.8, 4) is 0 Å². The molecule has 2 atom stereocenters. The normalized spacial score (nSPS) is 18.9. The van der Waals surface area contributed by atoms with Crippen LogP contribution in [0.25, 0.3) is 0 Å². The summed E-state index contributed by atoms with van der Waals surface area (Å²) in [4.78, 5) is 14.9. The molecule has 144 valence electrons. The Labute approximate surface area is 161 Å². The van der Waals surface area contributed by atoms with E-state index in [1.54, 1.807) is 35.2 Å². The van der Waals surface area contributed by atoms with Gasteiger partial charge in [0, 0.05) is 24.7 Å². The van der Waals surface area contributed by atoms with Crippen LogP contribution in [0.1, 0.15) is 35.7 Å². The Kier molecular flexibility index (Phi) is 5.97. The highest BCUT2D eigenvalue weighted by Crippen LogP contribution is 2.22. The third kappa shape index (κ3) is 4.76. The summed E-state index contributed by atoms with van der Waals surface area (Å²) in [5, 5.41) is 0. The molecular formula is C21H26N2O3S. The quantitative estimate of drug-likeness (QED) is 0.857. The largest absolute Gasteiger partial charge is 0.338 e. The second-order valence-corrected chi connectivity index (χ2v) is 9.27. The van der Waals surface area contributed by atoms with Crippen molar-refractivity contribution in [2.24, 2.45) is 11.7 Å². The third-order valence-corrected chi connectivity index (χ3v) is 6.81. The summed E-state index contributed by atoms with van der Waals surface area (Å²) < 4.78 is 25.5. The van der Waals surface area contributed by atoms with Gasteiger partial charge in [-0.1, -0.05) is 36.4 Å². The monoisotopic (exact) mass is 386 g/mol. The van der Waals surface area contributed by atoms with E-state index >= 15 is 0 Å². The van der Waals surface area contributed by atoms with Gasteiger partial charge in [0.1, 0.15) is 0 Å². The molecular weight excluding hydrogens is 360 g/mol. The predicted octanol–water partition coefficient (Wildman–Crippen LogP) is 2.86. The number of nitrogens with two attached hydrogens (primary N) is 1. The average molecular weight is 387 g/mol. The zero-order chi connectivity index (χ0) is 19.4. The number of benzene rings is 2. The maximum absolute atomic E-state index is 12.9. The molecule has 1 amide bonds. The maximum atomic E-state index is 12.9. The molecule has 2 aromatic carbocycles. The van der Waals surface area contributed by atoms with Gasteiger partial charge in [0.25, 0.3) is 5.91 Å². The van der Waals surface area contributed by atoms with Crippen molar-refractivity contribution < 1.29 is 13.2 Å². The van der Waals surface area contributed by atoms with Gasteiger partial charge in [0.05, 0.1) is 10.6 Å². The summed E-state index contributed by atoms with van der Waals surface area (Å²) in [6.07, 6.45) is 1.94. The molecule has 5 nitrogen and oxygen atoms in total. The van der Waals surface area contributed by atoms with Crippen LogP contribution in [0.4, 0.5) is 0 Å². The lowest BCUT2D eigenvalue weighted by Gasteiger charge is -2.34. The van der Waals surface area contributed by atoms with Gasteiger partial charge in [0.15, 0.2) is 9.84 Å². The number of carbonyl (C=O) groups excluding carboxylic acids is 1. The van der Waals surface area contributed by atoms with E-state index in [0.29, 0.717) is 18.7 Å². The molecule has 2 aromatic rings. The topological polar surface area (TPSA) is 80.5 Å². The highest BCUT2D eigenvalue weighted by Gasteiger charge is 2.27. The molecule has 1 saturated heterocycles. The SMILES string of the molecule is CC(N)C1CCCN(C(=O)c2cccc(S(=O)(=O)Cc3ccccc3)c2)C1. The molecule has 6 heteroatoms. The number of nitrogens with zero attached hydrogens (tertiary/aromatic N) is 1. The van der Waals surface area contributed by atoms with E-state index in [9.17, 15) is 13.2 Å². The predicted molar refractivity (Wildman–Crippen MR) is 106 cm³/mol. The van der Waals surface area contributed by atoms with E-state index in [4.69, 9.17) is 5.73 Å². The molecule has 2 unspecified atom stereocenters. The van der Waals surface area contributed by atoms with Crippen LogP contribution in [0.15, 0.2) is 59.5 Å². The smallest absolute Gasteiger partial charge is 0.253 e. The molecule has 1 heterocycles. The lowest BCUT2D eigenvalue weighted by Crippen LogP contribution is -2.45. The number of rotatable bonds is 5. The molecule has 0 aromatic heterocycles. The molecule has 27 heavy (non-hydrogen) atoms. The van der Waals surface area contributed by atoms with Crippen LogP contribution in [0.3, 0.4) is 0 Å². The molecule has 0 aliphatic carbocycles. The van der Waals surface area contributed by atoms with Gasteiger partial charge in [-0.2, -0.15) is 0 Å². The molecule has 1 fully saturated rings. The van der Waals surface area contributed by atoms with Crippen LogP contribution in [-0.2, 0) is 15.6 Å². The molecule has 0 radical (unpaired) electrons. The van der Waals surface area contributed by atoms with Crippen molar-refractivity contribution in [3.63, 3.8) is 0 Å². The summed E-state index contributed by atoms with van der Waals surface area (Å²) in [7, 11) is -3.52. The first-order chi connectivity index (χ1) is 12.9. The van der Waals surface area contributed by atoms with E-state index < -0.39 is 9.84 Å². The van der Waals surface area contributed by atoms with Crippen molar-refractivity contribution in [1.82, 2.24) is 4.90 Å². The first-order valence-corrected chi connectivity index (χ1v) is 10.9. The van der Waals surface area contributed by atoms with E-state index in [1.807, 2.05) is 25.1 Å². The Morgan fingerprint density at radius 3 is 2.63 bits per heavy atom. The number of sulfone groups is 1. The Morgan fingerprint density at radius 1 is 1.19 bits per heavy atom. The zero-order valence-corrected chi connectivity index (χ0v) is 16.4. The van der Waals surface area contributed by atoms with E-state index in [0.717, 1.165) is 18.4 Å². The van der Waals surface area contributed by atoms with Gasteiger partial charge in [0.2, 0.25) is 0 Å². The number of hydrogen-bond donors (Lipinski definition) is 1. The van der Waals surface area contributed by atoms with Gasteiger partial charge in [-0.3, -0.25) is 4.79 Å². The number of likely N-dealkylation sites (tertiary alicyclic amines) is 1. The van der Waals surface area contributed by atoms with Gasteiger partial charge in [-0.05, 0) is 49.4 Å². The number of piperidine rings is 1. The molecule has 1 aliphatic rings. The van der Waals surface area contributed by atoms with Crippen molar-refractivity contribution in [2.75, 3.05) is 13.1 Å². The molecule has 3 rings (SSSR count). The Hall–Kier alpha value is -2.18. The molecule has 0 spiro atoms. The molecule has 2 N–H and O–H groups in total.